The van der Waals surface area contributed by atoms with E-state index in [0.717, 1.165) is 12.1 Å². The van der Waals surface area contributed by atoms with Crippen LogP contribution in [0, 0.1) is 0 Å². The summed E-state index contributed by atoms with van der Waals surface area (Å²) >= 11 is 3.31. The molecule has 0 atom stereocenters. The van der Waals surface area contributed by atoms with Crippen LogP contribution in [-0.4, -0.2) is 19.3 Å². The molecule has 6 nitrogen and oxygen atoms in total. The standard InChI is InChI=1S/C16H16BrN5O/c1-21-16(23)15(17)14(9-20-21)19-8-12-3-2-4-13(7-12)10-22-6-5-18-11-22/h2-7,9,11,19H,8,10H2,1H3. The third-order valence-corrected chi connectivity index (χ3v) is 4.24. The van der Waals surface area contributed by atoms with Crippen LogP contribution in [-0.2, 0) is 20.1 Å². The summed E-state index contributed by atoms with van der Waals surface area (Å²) in [6, 6.07) is 8.29. The molecule has 23 heavy (non-hydrogen) atoms. The monoisotopic (exact) mass is 373 g/mol. The maximum atomic E-state index is 11.8. The second kappa shape index (κ2) is 6.78. The molecule has 0 bridgehead atoms. The van der Waals surface area contributed by atoms with Gasteiger partial charge in [0.1, 0.15) is 4.47 Å². The first-order chi connectivity index (χ1) is 11.1. The van der Waals surface area contributed by atoms with Crippen LogP contribution < -0.4 is 10.9 Å². The molecule has 0 aliphatic heterocycles. The van der Waals surface area contributed by atoms with E-state index in [1.807, 2.05) is 22.9 Å². The van der Waals surface area contributed by atoms with Crippen molar-refractivity contribution in [1.82, 2.24) is 19.3 Å². The summed E-state index contributed by atoms with van der Waals surface area (Å²) in [5, 5.41) is 7.26. The Hall–Kier alpha value is -2.41. The molecule has 0 amide bonds. The van der Waals surface area contributed by atoms with Crippen LogP contribution in [0.25, 0.3) is 0 Å². The van der Waals surface area contributed by atoms with E-state index in [9.17, 15) is 4.79 Å². The SMILES string of the molecule is Cn1ncc(NCc2cccc(Cn3ccnc3)c2)c(Br)c1=O. The quantitative estimate of drug-likeness (QED) is 0.745. The van der Waals surface area contributed by atoms with Gasteiger partial charge in [-0.05, 0) is 27.1 Å². The molecule has 2 heterocycles. The Morgan fingerprint density at radius 3 is 2.91 bits per heavy atom. The third kappa shape index (κ3) is 3.68. The number of nitrogens with one attached hydrogen (secondary N) is 1. The van der Waals surface area contributed by atoms with Crippen molar-refractivity contribution in [3.8, 4) is 0 Å². The molecule has 0 aliphatic rings. The number of nitrogens with zero attached hydrogens (tertiary/aromatic N) is 4. The molecule has 0 spiro atoms. The molecule has 0 aliphatic carbocycles. The maximum Gasteiger partial charge on any atom is 0.282 e. The van der Waals surface area contributed by atoms with Gasteiger partial charge in [-0.15, -0.1) is 0 Å². The summed E-state index contributed by atoms with van der Waals surface area (Å²) in [4.78, 5) is 15.9. The van der Waals surface area contributed by atoms with Gasteiger partial charge >= 0.3 is 0 Å². The lowest BCUT2D eigenvalue weighted by molar-refractivity contribution is 0.703. The fourth-order valence-electron chi connectivity index (χ4n) is 2.26. The van der Waals surface area contributed by atoms with Crippen molar-refractivity contribution in [2.45, 2.75) is 13.1 Å². The molecule has 1 aromatic carbocycles. The summed E-state index contributed by atoms with van der Waals surface area (Å²) in [5.41, 5.74) is 2.86. The van der Waals surface area contributed by atoms with Crippen molar-refractivity contribution in [3.63, 3.8) is 0 Å². The molecule has 118 valence electrons. The average Bonchev–Trinajstić information content (AvgIpc) is 3.05. The summed E-state index contributed by atoms with van der Waals surface area (Å²) in [7, 11) is 1.62. The minimum absolute atomic E-state index is 0.163. The van der Waals surface area contributed by atoms with Gasteiger partial charge in [0, 0.05) is 32.5 Å². The van der Waals surface area contributed by atoms with E-state index < -0.39 is 0 Å². The molecule has 0 fully saturated rings. The van der Waals surface area contributed by atoms with Gasteiger partial charge in [0.05, 0.1) is 18.2 Å². The normalized spacial score (nSPS) is 10.7. The number of hydrogen-bond acceptors (Lipinski definition) is 4. The predicted molar refractivity (Wildman–Crippen MR) is 92.3 cm³/mol. The van der Waals surface area contributed by atoms with Crippen molar-refractivity contribution < 1.29 is 0 Å². The zero-order valence-corrected chi connectivity index (χ0v) is 14.2. The zero-order valence-electron chi connectivity index (χ0n) is 12.6. The molecule has 3 rings (SSSR count). The summed E-state index contributed by atoms with van der Waals surface area (Å²) in [6.45, 7) is 1.40. The van der Waals surface area contributed by atoms with Crippen LogP contribution in [0.5, 0.6) is 0 Å². The van der Waals surface area contributed by atoms with Gasteiger partial charge in [0.25, 0.3) is 5.56 Å². The topological polar surface area (TPSA) is 64.7 Å². The van der Waals surface area contributed by atoms with Gasteiger partial charge in [-0.2, -0.15) is 5.10 Å². The number of rotatable bonds is 5. The van der Waals surface area contributed by atoms with Crippen molar-refractivity contribution >= 4 is 21.6 Å². The molecule has 0 unspecified atom stereocenters. The Morgan fingerprint density at radius 2 is 2.13 bits per heavy atom. The Balaban J connectivity index is 1.71. The highest BCUT2D eigenvalue weighted by Gasteiger charge is 2.06. The van der Waals surface area contributed by atoms with Crippen LogP contribution in [0.1, 0.15) is 11.1 Å². The van der Waals surface area contributed by atoms with Crippen molar-refractivity contribution in [2.75, 3.05) is 5.32 Å². The summed E-state index contributed by atoms with van der Waals surface area (Å²) in [5.74, 6) is 0. The van der Waals surface area contributed by atoms with Crippen LogP contribution >= 0.6 is 15.9 Å². The lowest BCUT2D eigenvalue weighted by Gasteiger charge is -2.10. The molecule has 1 N–H and O–H groups in total. The van der Waals surface area contributed by atoms with Crippen LogP contribution in [0.4, 0.5) is 5.69 Å². The predicted octanol–water partition coefficient (Wildman–Crippen LogP) is 2.40. The highest BCUT2D eigenvalue weighted by Crippen LogP contribution is 2.17. The van der Waals surface area contributed by atoms with Gasteiger partial charge in [0.2, 0.25) is 0 Å². The highest BCUT2D eigenvalue weighted by atomic mass is 79.9. The number of aromatic nitrogens is 4. The smallest absolute Gasteiger partial charge is 0.282 e. The Bertz CT molecular complexity index is 857. The van der Waals surface area contributed by atoms with Gasteiger partial charge in [-0.25, -0.2) is 9.67 Å². The number of benzene rings is 1. The lowest BCUT2D eigenvalue weighted by atomic mass is 10.1. The Labute approximate surface area is 141 Å². The van der Waals surface area contributed by atoms with Gasteiger partial charge in [0.15, 0.2) is 0 Å². The molecular weight excluding hydrogens is 358 g/mol. The second-order valence-corrected chi connectivity index (χ2v) is 6.00. The fourth-order valence-corrected chi connectivity index (χ4v) is 2.76. The first-order valence-corrected chi connectivity index (χ1v) is 7.92. The van der Waals surface area contributed by atoms with E-state index in [0.29, 0.717) is 16.7 Å². The van der Waals surface area contributed by atoms with Crippen molar-refractivity contribution in [2.24, 2.45) is 7.05 Å². The fraction of sp³-hybridized carbons (Fsp3) is 0.188. The molecule has 0 saturated carbocycles. The van der Waals surface area contributed by atoms with E-state index in [1.165, 1.54) is 10.2 Å². The van der Waals surface area contributed by atoms with E-state index in [4.69, 9.17) is 0 Å². The van der Waals surface area contributed by atoms with E-state index >= 15 is 0 Å². The van der Waals surface area contributed by atoms with Gasteiger partial charge in [-0.1, -0.05) is 24.3 Å². The van der Waals surface area contributed by atoms with Gasteiger partial charge < -0.3 is 9.88 Å². The summed E-state index contributed by atoms with van der Waals surface area (Å²) in [6.07, 6.45) is 7.15. The van der Waals surface area contributed by atoms with Gasteiger partial charge in [-0.3, -0.25) is 4.79 Å². The van der Waals surface area contributed by atoms with E-state index in [1.54, 1.807) is 25.8 Å². The van der Waals surface area contributed by atoms with Crippen LogP contribution in [0.2, 0.25) is 0 Å². The maximum absolute atomic E-state index is 11.8. The third-order valence-electron chi connectivity index (χ3n) is 3.48. The van der Waals surface area contributed by atoms with E-state index in [-0.39, 0.29) is 5.56 Å². The molecular formula is C16H16BrN5O. The zero-order chi connectivity index (χ0) is 16.2. The number of aryl methyl sites for hydroxylation is 1. The first-order valence-electron chi connectivity index (χ1n) is 7.13. The lowest BCUT2D eigenvalue weighted by Crippen LogP contribution is -2.21. The number of hydrogen-bond donors (Lipinski definition) is 1. The molecule has 2 aromatic heterocycles. The number of halogens is 1. The van der Waals surface area contributed by atoms with Crippen molar-refractivity contribution in [3.05, 3.63) is 75.1 Å². The minimum atomic E-state index is -0.163. The Kier molecular flexibility index (Phi) is 4.57. The molecule has 0 radical (unpaired) electrons. The van der Waals surface area contributed by atoms with E-state index in [2.05, 4.69) is 43.5 Å². The number of anilines is 1. The largest absolute Gasteiger partial charge is 0.379 e. The molecule has 7 heteroatoms. The average molecular weight is 374 g/mol. The van der Waals surface area contributed by atoms with Crippen LogP contribution in [0.15, 0.2) is 58.5 Å². The molecule has 3 aromatic rings. The second-order valence-electron chi connectivity index (χ2n) is 5.21. The Morgan fingerprint density at radius 1 is 1.30 bits per heavy atom. The minimum Gasteiger partial charge on any atom is -0.379 e. The van der Waals surface area contributed by atoms with Crippen molar-refractivity contribution in [1.29, 1.82) is 0 Å². The molecule has 0 saturated heterocycles. The summed E-state index contributed by atoms with van der Waals surface area (Å²) < 4.78 is 3.80. The van der Waals surface area contributed by atoms with Crippen LogP contribution in [0.3, 0.4) is 0 Å². The number of imidazole rings is 1. The first kappa shape index (κ1) is 15.5. The highest BCUT2D eigenvalue weighted by molar-refractivity contribution is 9.10.